The van der Waals surface area contributed by atoms with Crippen LogP contribution in [0, 0.1) is 0 Å². The minimum atomic E-state index is -0.468. The Kier molecular flexibility index (Phi) is 7.97. The van der Waals surface area contributed by atoms with Crippen molar-refractivity contribution in [2.75, 3.05) is 23.4 Å². The van der Waals surface area contributed by atoms with Gasteiger partial charge in [0.25, 0.3) is 5.56 Å². The monoisotopic (exact) mass is 458 g/mol. The molecule has 0 aliphatic carbocycles. The minimum absolute atomic E-state index is 0.0538. The van der Waals surface area contributed by atoms with Gasteiger partial charge < -0.3 is 15.8 Å². The fourth-order valence-corrected chi connectivity index (χ4v) is 3.67. The lowest BCUT2D eigenvalue weighted by Gasteiger charge is -2.14. The van der Waals surface area contributed by atoms with Crippen LogP contribution < -0.4 is 21.3 Å². The molecule has 0 saturated carbocycles. The van der Waals surface area contributed by atoms with Crippen LogP contribution in [-0.4, -0.2) is 27.8 Å². The van der Waals surface area contributed by atoms with Gasteiger partial charge in [0.05, 0.1) is 12.4 Å². The van der Waals surface area contributed by atoms with Gasteiger partial charge in [0.1, 0.15) is 11.6 Å². The highest BCUT2D eigenvalue weighted by Crippen LogP contribution is 2.24. The molecule has 0 aliphatic rings. The number of benzene rings is 2. The van der Waals surface area contributed by atoms with E-state index in [1.807, 2.05) is 12.1 Å². The summed E-state index contributed by atoms with van der Waals surface area (Å²) >= 11 is 7.07. The summed E-state index contributed by atoms with van der Waals surface area (Å²) in [5.74, 6) is 0.808. The molecule has 0 spiro atoms. The predicted molar refractivity (Wildman–Crippen MR) is 125 cm³/mol. The summed E-state index contributed by atoms with van der Waals surface area (Å²) in [4.78, 5) is 28.3. The van der Waals surface area contributed by atoms with Crippen molar-refractivity contribution >= 4 is 40.8 Å². The van der Waals surface area contributed by atoms with E-state index in [9.17, 15) is 9.59 Å². The Balaban J connectivity index is 1.66. The minimum Gasteiger partial charge on any atom is -0.494 e. The summed E-state index contributed by atoms with van der Waals surface area (Å²) in [6.45, 7) is 2.77. The average Bonchev–Trinajstić information content (AvgIpc) is 2.74. The van der Waals surface area contributed by atoms with E-state index in [0.717, 1.165) is 30.4 Å². The van der Waals surface area contributed by atoms with Crippen LogP contribution in [0.15, 0.2) is 64.5 Å². The molecule has 9 heteroatoms. The van der Waals surface area contributed by atoms with Gasteiger partial charge in [0, 0.05) is 22.5 Å². The molecule has 0 aliphatic heterocycles. The summed E-state index contributed by atoms with van der Waals surface area (Å²) in [7, 11) is 0. The van der Waals surface area contributed by atoms with Crippen LogP contribution >= 0.6 is 23.4 Å². The first-order chi connectivity index (χ1) is 15.0. The third-order valence-corrected chi connectivity index (χ3v) is 5.44. The fraction of sp³-hybridized carbons (Fsp3) is 0.227. The molecule has 3 N–H and O–H groups in total. The van der Waals surface area contributed by atoms with Gasteiger partial charge in [-0.1, -0.05) is 36.7 Å². The van der Waals surface area contributed by atoms with E-state index >= 15 is 0 Å². The third-order valence-electron chi connectivity index (χ3n) is 4.25. The number of carbonyl (C=O) groups is 1. The molecule has 0 radical (unpaired) electrons. The van der Waals surface area contributed by atoms with E-state index in [1.54, 1.807) is 41.0 Å². The Morgan fingerprint density at radius 2 is 1.90 bits per heavy atom. The second kappa shape index (κ2) is 10.9. The second-order valence-corrected chi connectivity index (χ2v) is 8.06. The largest absolute Gasteiger partial charge is 0.494 e. The number of ether oxygens (including phenoxy) is 1. The van der Waals surface area contributed by atoms with E-state index in [1.165, 1.54) is 6.07 Å². The fourth-order valence-electron chi connectivity index (χ4n) is 2.72. The number of hydrogen-bond acceptors (Lipinski definition) is 6. The van der Waals surface area contributed by atoms with Crippen molar-refractivity contribution in [1.29, 1.82) is 0 Å². The van der Waals surface area contributed by atoms with Crippen molar-refractivity contribution in [3.8, 4) is 11.4 Å². The van der Waals surface area contributed by atoms with E-state index < -0.39 is 5.56 Å². The smallest absolute Gasteiger partial charge is 0.275 e. The highest BCUT2D eigenvalue weighted by atomic mass is 35.5. The molecule has 1 aromatic heterocycles. The number of aromatic nitrogens is 2. The summed E-state index contributed by atoms with van der Waals surface area (Å²) < 4.78 is 7.23. The first-order valence-corrected chi connectivity index (χ1v) is 11.1. The number of nitrogens with one attached hydrogen (secondary N) is 1. The molecule has 0 fully saturated rings. The van der Waals surface area contributed by atoms with Gasteiger partial charge in [-0.05, 0) is 55.0 Å². The van der Waals surface area contributed by atoms with Crippen molar-refractivity contribution in [3.05, 3.63) is 70.0 Å². The number of nitrogen functional groups attached to an aromatic ring is 1. The van der Waals surface area contributed by atoms with Crippen LogP contribution in [0.5, 0.6) is 5.75 Å². The number of carbonyl (C=O) groups excluding carboxylic acids is 1. The maximum absolute atomic E-state index is 12.4. The predicted octanol–water partition coefficient (Wildman–Crippen LogP) is 4.38. The summed E-state index contributed by atoms with van der Waals surface area (Å²) in [6, 6.07) is 15.4. The Morgan fingerprint density at radius 3 is 2.58 bits per heavy atom. The van der Waals surface area contributed by atoms with Gasteiger partial charge in [-0.2, -0.15) is 4.98 Å². The number of halogens is 1. The number of amides is 1. The quantitative estimate of drug-likeness (QED) is 0.280. The lowest BCUT2D eigenvalue weighted by atomic mass is 10.3. The number of unbranched alkanes of at least 4 members (excludes halogenated alkanes) is 1. The zero-order chi connectivity index (χ0) is 22.2. The zero-order valence-corrected chi connectivity index (χ0v) is 18.6. The van der Waals surface area contributed by atoms with Crippen LogP contribution in [0.4, 0.5) is 11.5 Å². The lowest BCUT2D eigenvalue weighted by Crippen LogP contribution is -2.19. The molecule has 3 rings (SSSR count). The van der Waals surface area contributed by atoms with Crippen molar-refractivity contribution in [2.45, 2.75) is 24.9 Å². The molecule has 1 heterocycles. The Hall–Kier alpha value is -2.97. The SMILES string of the molecule is CCCCOc1ccc(NC(=O)CSc2nc(=O)cc(N)n2-c2ccc(Cl)cc2)cc1. The van der Waals surface area contributed by atoms with Crippen molar-refractivity contribution in [1.82, 2.24) is 9.55 Å². The van der Waals surface area contributed by atoms with Crippen LogP contribution in [0.25, 0.3) is 5.69 Å². The number of nitrogens with two attached hydrogens (primary N) is 1. The van der Waals surface area contributed by atoms with Crippen LogP contribution in [0.3, 0.4) is 0 Å². The van der Waals surface area contributed by atoms with E-state index in [2.05, 4.69) is 17.2 Å². The third kappa shape index (κ3) is 6.50. The normalized spacial score (nSPS) is 10.6. The van der Waals surface area contributed by atoms with Crippen LogP contribution in [0.1, 0.15) is 19.8 Å². The second-order valence-electron chi connectivity index (χ2n) is 6.68. The van der Waals surface area contributed by atoms with Gasteiger partial charge in [-0.25, -0.2) is 0 Å². The molecule has 0 unspecified atom stereocenters. The molecule has 162 valence electrons. The first-order valence-electron chi connectivity index (χ1n) is 9.77. The molecular weight excluding hydrogens is 436 g/mol. The number of thioether (sulfide) groups is 1. The molecule has 0 saturated heterocycles. The topological polar surface area (TPSA) is 99.2 Å². The molecule has 1 amide bonds. The molecule has 7 nitrogen and oxygen atoms in total. The van der Waals surface area contributed by atoms with E-state index in [-0.39, 0.29) is 17.5 Å². The summed E-state index contributed by atoms with van der Waals surface area (Å²) in [5, 5.41) is 3.72. The standard InChI is InChI=1S/C22H23ClN4O3S/c1-2-3-12-30-18-10-6-16(7-11-18)25-21(29)14-31-22-26-20(28)13-19(24)27(22)17-8-4-15(23)5-9-17/h4-11,13H,2-3,12,14,24H2,1H3,(H,25,29). The summed E-state index contributed by atoms with van der Waals surface area (Å²) in [5.41, 5.74) is 6.92. The van der Waals surface area contributed by atoms with Crippen LogP contribution in [0.2, 0.25) is 5.02 Å². The van der Waals surface area contributed by atoms with Gasteiger partial charge >= 0.3 is 0 Å². The highest BCUT2D eigenvalue weighted by Gasteiger charge is 2.13. The molecule has 0 bridgehead atoms. The highest BCUT2D eigenvalue weighted by molar-refractivity contribution is 7.99. The molecule has 3 aromatic rings. The molecule has 2 aromatic carbocycles. The number of nitrogens with zero attached hydrogens (tertiary/aromatic N) is 2. The Morgan fingerprint density at radius 1 is 1.19 bits per heavy atom. The average molecular weight is 459 g/mol. The summed E-state index contributed by atoms with van der Waals surface area (Å²) in [6.07, 6.45) is 2.06. The van der Waals surface area contributed by atoms with Gasteiger partial charge in [-0.15, -0.1) is 0 Å². The Bertz CT molecular complexity index is 1090. The van der Waals surface area contributed by atoms with Gasteiger partial charge in [0.2, 0.25) is 5.91 Å². The maximum atomic E-state index is 12.4. The van der Waals surface area contributed by atoms with Gasteiger partial charge in [0.15, 0.2) is 5.16 Å². The molecule has 0 atom stereocenters. The van der Waals surface area contributed by atoms with Gasteiger partial charge in [-0.3, -0.25) is 14.2 Å². The maximum Gasteiger partial charge on any atom is 0.275 e. The van der Waals surface area contributed by atoms with Crippen LogP contribution in [-0.2, 0) is 4.79 Å². The van der Waals surface area contributed by atoms with Crippen molar-refractivity contribution in [3.63, 3.8) is 0 Å². The molecular formula is C22H23ClN4O3S. The Labute approximate surface area is 189 Å². The first kappa shape index (κ1) is 22.7. The number of anilines is 2. The van der Waals surface area contributed by atoms with Crippen molar-refractivity contribution in [2.24, 2.45) is 0 Å². The number of rotatable bonds is 9. The van der Waals surface area contributed by atoms with Crippen molar-refractivity contribution < 1.29 is 9.53 Å². The number of hydrogen-bond donors (Lipinski definition) is 2. The van der Waals surface area contributed by atoms with E-state index in [4.69, 9.17) is 22.1 Å². The zero-order valence-electron chi connectivity index (χ0n) is 17.0. The van der Waals surface area contributed by atoms with E-state index in [0.29, 0.717) is 28.2 Å². The molecule has 31 heavy (non-hydrogen) atoms. The lowest BCUT2D eigenvalue weighted by molar-refractivity contribution is -0.113.